The molecule has 3 fully saturated rings. The zero-order valence-corrected chi connectivity index (χ0v) is 20.8. The maximum Gasteiger partial charge on any atom is 0.306 e. The Morgan fingerprint density at radius 3 is 2.30 bits per heavy atom. The average Bonchev–Trinajstić information content (AvgIpc) is 3.67. The van der Waals surface area contributed by atoms with Gasteiger partial charge in [0.2, 0.25) is 0 Å². The van der Waals surface area contributed by atoms with E-state index < -0.39 is 5.97 Å². The van der Waals surface area contributed by atoms with Crippen molar-refractivity contribution in [3.05, 3.63) is 11.6 Å². The predicted molar refractivity (Wildman–Crippen MR) is 124 cm³/mol. The van der Waals surface area contributed by atoms with Crippen LogP contribution in [0.2, 0.25) is 0 Å². The molecular formula is C26H42O7. The normalized spacial score (nSPS) is 34.7. The molecule has 3 rings (SSSR count). The molecule has 188 valence electrons. The number of hydrogen-bond donors (Lipinski definition) is 1. The molecule has 1 N–H and O–H groups in total. The maximum atomic E-state index is 12.6. The first-order valence-corrected chi connectivity index (χ1v) is 12.6. The molecule has 7 nitrogen and oxygen atoms in total. The summed E-state index contributed by atoms with van der Waals surface area (Å²) < 4.78 is 24.0. The third-order valence-electron chi connectivity index (χ3n) is 7.54. The monoisotopic (exact) mass is 466 g/mol. The molecule has 6 unspecified atom stereocenters. The van der Waals surface area contributed by atoms with E-state index in [1.54, 1.807) is 7.11 Å². The molecule has 2 heterocycles. The fourth-order valence-corrected chi connectivity index (χ4v) is 5.55. The lowest BCUT2D eigenvalue weighted by Crippen LogP contribution is -2.55. The summed E-state index contributed by atoms with van der Waals surface area (Å²) in [6, 6.07) is 0. The number of ether oxygens (including phenoxy) is 4. The van der Waals surface area contributed by atoms with Crippen LogP contribution in [0.15, 0.2) is 11.6 Å². The third-order valence-corrected chi connectivity index (χ3v) is 7.54. The first kappa shape index (κ1) is 26.2. The molecular weight excluding hydrogens is 424 g/mol. The van der Waals surface area contributed by atoms with E-state index in [0.717, 1.165) is 64.4 Å². The molecule has 1 saturated carbocycles. The van der Waals surface area contributed by atoms with Gasteiger partial charge in [0.1, 0.15) is 23.4 Å². The van der Waals surface area contributed by atoms with Crippen LogP contribution in [0, 0.1) is 5.92 Å². The molecule has 0 aromatic rings. The van der Waals surface area contributed by atoms with Gasteiger partial charge in [0, 0.05) is 20.0 Å². The second-order valence-electron chi connectivity index (χ2n) is 10.4. The van der Waals surface area contributed by atoms with E-state index in [4.69, 9.17) is 24.1 Å². The number of carboxylic acid groups (broad SMARTS) is 1. The fourth-order valence-electron chi connectivity index (χ4n) is 5.55. The van der Waals surface area contributed by atoms with Crippen LogP contribution in [0.1, 0.15) is 91.4 Å². The molecule has 3 aliphatic rings. The minimum Gasteiger partial charge on any atom is -0.481 e. The Kier molecular flexibility index (Phi) is 8.98. The first-order chi connectivity index (χ1) is 15.7. The number of unbranched alkanes of at least 4 members (excludes halogenated alkanes) is 5. The summed E-state index contributed by atoms with van der Waals surface area (Å²) in [4.78, 5) is 23.1. The summed E-state index contributed by atoms with van der Waals surface area (Å²) in [6.07, 6.45) is 10.4. The molecule has 7 heteroatoms. The van der Waals surface area contributed by atoms with E-state index in [0.29, 0.717) is 6.42 Å². The predicted octanol–water partition coefficient (Wildman–Crippen LogP) is 4.81. The zero-order valence-electron chi connectivity index (χ0n) is 20.8. The van der Waals surface area contributed by atoms with Gasteiger partial charge in [-0.1, -0.05) is 37.3 Å². The molecule has 33 heavy (non-hydrogen) atoms. The fraction of sp³-hybridized carbons (Fsp3) is 0.846. The number of epoxide rings is 2. The molecule has 6 atom stereocenters. The molecule has 0 radical (unpaired) electrons. The summed E-state index contributed by atoms with van der Waals surface area (Å²) in [5.74, 6) is -0.855. The third kappa shape index (κ3) is 6.80. The topological polar surface area (TPSA) is 97.9 Å². The van der Waals surface area contributed by atoms with Crippen molar-refractivity contribution in [3.8, 4) is 0 Å². The van der Waals surface area contributed by atoms with Gasteiger partial charge >= 0.3 is 11.9 Å². The smallest absolute Gasteiger partial charge is 0.306 e. The van der Waals surface area contributed by atoms with Crippen molar-refractivity contribution >= 4 is 11.9 Å². The van der Waals surface area contributed by atoms with Gasteiger partial charge in [0.25, 0.3) is 0 Å². The summed E-state index contributed by atoms with van der Waals surface area (Å²) in [7, 11) is 1.70. The number of carbonyl (C=O) groups is 2. The first-order valence-electron chi connectivity index (χ1n) is 12.6. The van der Waals surface area contributed by atoms with Gasteiger partial charge in [-0.15, -0.1) is 0 Å². The minimum absolute atomic E-state index is 0.0444. The van der Waals surface area contributed by atoms with Crippen molar-refractivity contribution in [2.24, 2.45) is 5.92 Å². The van der Waals surface area contributed by atoms with Gasteiger partial charge in [0.05, 0.1) is 18.6 Å². The Balaban J connectivity index is 1.45. The number of carboxylic acids is 1. The lowest BCUT2D eigenvalue weighted by Gasteiger charge is -2.42. The van der Waals surface area contributed by atoms with Crippen molar-refractivity contribution in [2.75, 3.05) is 13.7 Å². The molecule has 2 saturated heterocycles. The van der Waals surface area contributed by atoms with Crippen LogP contribution in [-0.4, -0.2) is 60.3 Å². The maximum absolute atomic E-state index is 12.6. The number of methoxy groups -OCH3 is 1. The van der Waals surface area contributed by atoms with E-state index >= 15 is 0 Å². The van der Waals surface area contributed by atoms with E-state index in [1.165, 1.54) is 5.57 Å². The van der Waals surface area contributed by atoms with Crippen LogP contribution >= 0.6 is 0 Å². The molecule has 0 aromatic heterocycles. The highest BCUT2D eigenvalue weighted by Crippen LogP contribution is 2.59. The van der Waals surface area contributed by atoms with Crippen LogP contribution in [0.4, 0.5) is 0 Å². The Morgan fingerprint density at radius 2 is 1.73 bits per heavy atom. The molecule has 1 spiro atoms. The average molecular weight is 467 g/mol. The highest BCUT2D eigenvalue weighted by molar-refractivity contribution is 5.69. The van der Waals surface area contributed by atoms with Crippen LogP contribution in [-0.2, 0) is 28.5 Å². The lowest BCUT2D eigenvalue weighted by molar-refractivity contribution is -0.172. The van der Waals surface area contributed by atoms with Crippen molar-refractivity contribution in [1.29, 1.82) is 0 Å². The number of aliphatic carboxylic acids is 1. The highest BCUT2D eigenvalue weighted by atomic mass is 16.6. The SMILES string of the molecule is COC1C(OC(=O)CCCCCCCCC(=O)O)CCC2(CO2)C1C1(C)OC1CC=C(C)C. The molecule has 1 aliphatic carbocycles. The number of rotatable bonds is 14. The van der Waals surface area contributed by atoms with E-state index in [9.17, 15) is 9.59 Å². The summed E-state index contributed by atoms with van der Waals surface area (Å²) in [5, 5.41) is 8.66. The second kappa shape index (κ2) is 11.3. The summed E-state index contributed by atoms with van der Waals surface area (Å²) in [6.45, 7) is 7.06. The molecule has 2 aliphatic heterocycles. The van der Waals surface area contributed by atoms with Crippen molar-refractivity contribution < 1.29 is 33.6 Å². The van der Waals surface area contributed by atoms with Gasteiger partial charge in [-0.05, 0) is 52.9 Å². The molecule has 0 aromatic carbocycles. The van der Waals surface area contributed by atoms with Crippen molar-refractivity contribution in [1.82, 2.24) is 0 Å². The quantitative estimate of drug-likeness (QED) is 0.170. The highest BCUT2D eigenvalue weighted by Gasteiger charge is 2.72. The van der Waals surface area contributed by atoms with Crippen molar-refractivity contribution in [3.63, 3.8) is 0 Å². The van der Waals surface area contributed by atoms with E-state index in [2.05, 4.69) is 26.8 Å². The molecule has 0 amide bonds. The van der Waals surface area contributed by atoms with Gasteiger partial charge < -0.3 is 24.1 Å². The zero-order chi connectivity index (χ0) is 24.1. The second-order valence-corrected chi connectivity index (χ2v) is 10.4. The molecule has 0 bridgehead atoms. The Morgan fingerprint density at radius 1 is 1.09 bits per heavy atom. The van der Waals surface area contributed by atoms with Gasteiger partial charge in [-0.25, -0.2) is 0 Å². The van der Waals surface area contributed by atoms with Crippen LogP contribution in [0.25, 0.3) is 0 Å². The van der Waals surface area contributed by atoms with Gasteiger partial charge in [-0.3, -0.25) is 9.59 Å². The summed E-state index contributed by atoms with van der Waals surface area (Å²) in [5.41, 5.74) is 0.748. The number of allylic oxidation sites excluding steroid dienone is 1. The summed E-state index contributed by atoms with van der Waals surface area (Å²) >= 11 is 0. The van der Waals surface area contributed by atoms with Crippen LogP contribution in [0.5, 0.6) is 0 Å². The van der Waals surface area contributed by atoms with E-state index in [-0.39, 0.29) is 47.8 Å². The lowest BCUT2D eigenvalue weighted by atomic mass is 9.68. The van der Waals surface area contributed by atoms with Crippen LogP contribution < -0.4 is 0 Å². The minimum atomic E-state index is -0.734. The Labute approximate surface area is 198 Å². The largest absolute Gasteiger partial charge is 0.481 e. The number of carbonyl (C=O) groups excluding carboxylic acids is 1. The number of hydrogen-bond acceptors (Lipinski definition) is 6. The Bertz CT molecular complexity index is 709. The van der Waals surface area contributed by atoms with Crippen LogP contribution in [0.3, 0.4) is 0 Å². The van der Waals surface area contributed by atoms with Gasteiger partial charge in [0.15, 0.2) is 0 Å². The van der Waals surface area contributed by atoms with E-state index in [1.807, 2.05) is 0 Å². The standard InChI is InChI=1S/C26H42O7/c1-18(2)13-14-20-25(3,33-20)24-23(30-4)19(15-16-26(24)17-31-26)32-22(29)12-10-8-6-5-7-9-11-21(27)28/h13,19-20,23-24H,5-12,14-17H2,1-4H3,(H,27,28). The van der Waals surface area contributed by atoms with Gasteiger partial charge in [-0.2, -0.15) is 0 Å². The number of esters is 1. The Hall–Kier alpha value is -1.44. The van der Waals surface area contributed by atoms with Crippen molar-refractivity contribution in [2.45, 2.75) is 121 Å².